The molecular weight excluding hydrogens is 278 g/mol. The van der Waals surface area contributed by atoms with E-state index in [2.05, 4.69) is 95.4 Å². The Hall–Kier alpha value is -1.76. The summed E-state index contributed by atoms with van der Waals surface area (Å²) in [6.45, 7) is 13.7. The second kappa shape index (κ2) is 6.78. The maximum absolute atomic E-state index is 3.69. The lowest BCUT2D eigenvalue weighted by molar-refractivity contribution is 0.411. The van der Waals surface area contributed by atoms with Crippen molar-refractivity contribution < 1.29 is 0 Å². The lowest BCUT2D eigenvalue weighted by Gasteiger charge is -2.23. The molecule has 0 unspecified atom stereocenters. The molecule has 0 radical (unpaired) electrons. The van der Waals surface area contributed by atoms with E-state index in [1.54, 1.807) is 0 Å². The number of hydrogen-bond donors (Lipinski definition) is 1. The molecule has 1 heteroatoms. The third-order valence-corrected chi connectivity index (χ3v) is 3.75. The molecule has 0 atom stereocenters. The molecule has 0 saturated heterocycles. The van der Waals surface area contributed by atoms with Gasteiger partial charge in [0, 0.05) is 11.4 Å². The van der Waals surface area contributed by atoms with Crippen LogP contribution in [0.3, 0.4) is 0 Å². The van der Waals surface area contributed by atoms with Gasteiger partial charge in [-0.25, -0.2) is 0 Å². The minimum absolute atomic E-state index is 0.280. The van der Waals surface area contributed by atoms with Crippen molar-refractivity contribution in [3.8, 4) is 0 Å². The fourth-order valence-corrected chi connectivity index (χ4v) is 2.88. The first-order valence-corrected chi connectivity index (χ1v) is 8.57. The summed E-state index contributed by atoms with van der Waals surface area (Å²) in [4.78, 5) is 0. The van der Waals surface area contributed by atoms with Crippen molar-refractivity contribution in [2.75, 3.05) is 5.32 Å². The van der Waals surface area contributed by atoms with Crippen LogP contribution in [0.15, 0.2) is 48.5 Å². The fraction of sp³-hybridized carbons (Fsp3) is 0.455. The van der Waals surface area contributed by atoms with Gasteiger partial charge in [0.1, 0.15) is 0 Å². The van der Waals surface area contributed by atoms with Crippen molar-refractivity contribution in [1.82, 2.24) is 0 Å². The Morgan fingerprint density at radius 1 is 0.609 bits per heavy atom. The van der Waals surface area contributed by atoms with Crippen molar-refractivity contribution in [2.45, 2.75) is 54.4 Å². The highest BCUT2D eigenvalue weighted by Crippen LogP contribution is 2.31. The molecule has 2 rings (SSSR count). The summed E-state index contributed by atoms with van der Waals surface area (Å²) in [6, 6.07) is 17.3. The first-order chi connectivity index (χ1) is 10.6. The molecule has 0 aliphatic rings. The molecule has 0 amide bonds. The lowest BCUT2D eigenvalue weighted by atomic mass is 9.86. The summed E-state index contributed by atoms with van der Waals surface area (Å²) >= 11 is 0. The molecule has 0 fully saturated rings. The molecule has 124 valence electrons. The second-order valence-electron chi connectivity index (χ2n) is 8.91. The SMILES string of the molecule is CC(C)(C)Cc1ccccc1Nc1ccccc1CC(C)(C)C. The Morgan fingerprint density at radius 3 is 1.30 bits per heavy atom. The second-order valence-corrected chi connectivity index (χ2v) is 8.91. The predicted molar refractivity (Wildman–Crippen MR) is 102 cm³/mol. The van der Waals surface area contributed by atoms with Gasteiger partial charge >= 0.3 is 0 Å². The molecule has 2 aromatic rings. The smallest absolute Gasteiger partial charge is 0.0417 e. The van der Waals surface area contributed by atoms with E-state index in [1.807, 2.05) is 0 Å². The zero-order valence-corrected chi connectivity index (χ0v) is 15.5. The van der Waals surface area contributed by atoms with Crippen LogP contribution in [0.2, 0.25) is 0 Å². The van der Waals surface area contributed by atoms with Crippen LogP contribution < -0.4 is 5.32 Å². The van der Waals surface area contributed by atoms with Gasteiger partial charge in [-0.3, -0.25) is 0 Å². The number of rotatable bonds is 4. The van der Waals surface area contributed by atoms with E-state index >= 15 is 0 Å². The van der Waals surface area contributed by atoms with Crippen LogP contribution in [-0.4, -0.2) is 0 Å². The van der Waals surface area contributed by atoms with Gasteiger partial charge in [-0.1, -0.05) is 77.9 Å². The number of nitrogens with one attached hydrogen (secondary N) is 1. The topological polar surface area (TPSA) is 12.0 Å². The highest BCUT2D eigenvalue weighted by molar-refractivity contribution is 5.66. The molecule has 0 saturated carbocycles. The summed E-state index contributed by atoms with van der Waals surface area (Å²) in [6.07, 6.45) is 2.13. The normalized spacial score (nSPS) is 12.3. The first-order valence-electron chi connectivity index (χ1n) is 8.57. The largest absolute Gasteiger partial charge is 0.355 e. The van der Waals surface area contributed by atoms with Gasteiger partial charge in [0.25, 0.3) is 0 Å². The van der Waals surface area contributed by atoms with E-state index in [-0.39, 0.29) is 10.8 Å². The third-order valence-electron chi connectivity index (χ3n) is 3.75. The average Bonchev–Trinajstić information content (AvgIpc) is 2.40. The molecule has 0 aliphatic heterocycles. The minimum Gasteiger partial charge on any atom is -0.355 e. The van der Waals surface area contributed by atoms with Crippen molar-refractivity contribution in [3.63, 3.8) is 0 Å². The van der Waals surface area contributed by atoms with Crippen LogP contribution in [0.5, 0.6) is 0 Å². The summed E-state index contributed by atoms with van der Waals surface area (Å²) in [7, 11) is 0. The van der Waals surface area contributed by atoms with Crippen LogP contribution in [0.1, 0.15) is 52.7 Å². The summed E-state index contributed by atoms with van der Waals surface area (Å²) < 4.78 is 0. The average molecular weight is 309 g/mol. The number of benzene rings is 2. The fourth-order valence-electron chi connectivity index (χ4n) is 2.88. The van der Waals surface area contributed by atoms with Gasteiger partial charge in [-0.15, -0.1) is 0 Å². The number of anilines is 2. The van der Waals surface area contributed by atoms with Crippen LogP contribution in [0.4, 0.5) is 11.4 Å². The van der Waals surface area contributed by atoms with E-state index in [0.29, 0.717) is 0 Å². The van der Waals surface area contributed by atoms with Gasteiger partial charge in [-0.05, 0) is 46.9 Å². The maximum atomic E-state index is 3.69. The monoisotopic (exact) mass is 309 g/mol. The molecule has 2 aromatic carbocycles. The van der Waals surface area contributed by atoms with Crippen LogP contribution in [-0.2, 0) is 12.8 Å². The van der Waals surface area contributed by atoms with E-state index in [0.717, 1.165) is 12.8 Å². The third kappa shape index (κ3) is 5.74. The van der Waals surface area contributed by atoms with Crippen molar-refractivity contribution in [2.24, 2.45) is 10.8 Å². The van der Waals surface area contributed by atoms with E-state index < -0.39 is 0 Å². The Labute approximate surface area is 142 Å². The van der Waals surface area contributed by atoms with Crippen LogP contribution in [0, 0.1) is 10.8 Å². The molecule has 1 N–H and O–H groups in total. The van der Waals surface area contributed by atoms with Gasteiger partial charge < -0.3 is 5.32 Å². The van der Waals surface area contributed by atoms with Gasteiger partial charge in [0.15, 0.2) is 0 Å². The Kier molecular flexibility index (Phi) is 5.19. The predicted octanol–water partition coefficient (Wildman–Crippen LogP) is 6.61. The lowest BCUT2D eigenvalue weighted by Crippen LogP contribution is -2.12. The van der Waals surface area contributed by atoms with Gasteiger partial charge in [-0.2, -0.15) is 0 Å². The molecule has 23 heavy (non-hydrogen) atoms. The first kappa shape index (κ1) is 17.6. The molecule has 0 aromatic heterocycles. The van der Waals surface area contributed by atoms with Gasteiger partial charge in [0.05, 0.1) is 0 Å². The zero-order chi connectivity index (χ0) is 17.1. The molecule has 0 spiro atoms. The molecule has 0 aliphatic carbocycles. The highest BCUT2D eigenvalue weighted by Gasteiger charge is 2.16. The van der Waals surface area contributed by atoms with Crippen LogP contribution in [0.25, 0.3) is 0 Å². The number of hydrogen-bond acceptors (Lipinski definition) is 1. The minimum atomic E-state index is 0.280. The van der Waals surface area contributed by atoms with Crippen molar-refractivity contribution in [3.05, 3.63) is 59.7 Å². The number of para-hydroxylation sites is 2. The highest BCUT2D eigenvalue weighted by atomic mass is 14.9. The van der Waals surface area contributed by atoms with E-state index in [9.17, 15) is 0 Å². The van der Waals surface area contributed by atoms with Gasteiger partial charge in [0.2, 0.25) is 0 Å². The van der Waals surface area contributed by atoms with Crippen molar-refractivity contribution >= 4 is 11.4 Å². The van der Waals surface area contributed by atoms with E-state index in [4.69, 9.17) is 0 Å². The van der Waals surface area contributed by atoms with E-state index in [1.165, 1.54) is 22.5 Å². The standard InChI is InChI=1S/C22H31N/c1-21(2,3)15-17-11-7-9-13-19(17)23-20-14-10-8-12-18(20)16-22(4,5)6/h7-14,23H,15-16H2,1-6H3. The molecular formula is C22H31N. The summed E-state index contributed by atoms with van der Waals surface area (Å²) in [5, 5.41) is 3.69. The van der Waals surface area contributed by atoms with Crippen molar-refractivity contribution in [1.29, 1.82) is 0 Å². The Balaban J connectivity index is 2.30. The zero-order valence-electron chi connectivity index (χ0n) is 15.5. The quantitative estimate of drug-likeness (QED) is 0.670. The summed E-state index contributed by atoms with van der Waals surface area (Å²) in [5.74, 6) is 0. The maximum Gasteiger partial charge on any atom is 0.0417 e. The Morgan fingerprint density at radius 2 is 0.957 bits per heavy atom. The Bertz CT molecular complexity index is 584. The molecule has 1 nitrogen and oxygen atoms in total. The molecule has 0 bridgehead atoms. The summed E-state index contributed by atoms with van der Waals surface area (Å²) in [5.41, 5.74) is 5.77. The molecule has 0 heterocycles. The van der Waals surface area contributed by atoms with Crippen LogP contribution >= 0.6 is 0 Å².